The van der Waals surface area contributed by atoms with E-state index in [9.17, 15) is 9.59 Å². The molecule has 1 rings (SSSR count). The molecule has 0 bridgehead atoms. The lowest BCUT2D eigenvalue weighted by molar-refractivity contribution is -0.147. The molecule has 19 heavy (non-hydrogen) atoms. The van der Waals surface area contributed by atoms with Crippen molar-refractivity contribution in [3.8, 4) is 0 Å². The molecule has 104 valence electrons. The van der Waals surface area contributed by atoms with Gasteiger partial charge in [0.2, 0.25) is 0 Å². The molecule has 0 spiro atoms. The van der Waals surface area contributed by atoms with Gasteiger partial charge in [0.25, 0.3) is 0 Å². The molecule has 0 aliphatic rings. The van der Waals surface area contributed by atoms with Crippen LogP contribution in [0.15, 0.2) is 24.3 Å². The minimum absolute atomic E-state index is 0.213. The minimum atomic E-state index is -1.15. The summed E-state index contributed by atoms with van der Waals surface area (Å²) in [5, 5.41) is 0. The Bertz CT molecular complexity index is 457. The fourth-order valence-corrected chi connectivity index (χ4v) is 1.91. The minimum Gasteiger partial charge on any atom is -0.468 e. The lowest BCUT2D eigenvalue weighted by Crippen LogP contribution is -2.34. The van der Waals surface area contributed by atoms with E-state index in [1.165, 1.54) is 12.7 Å². The first-order chi connectivity index (χ1) is 8.84. The lowest BCUT2D eigenvalue weighted by Gasteiger charge is -2.20. The first-order valence-electron chi connectivity index (χ1n) is 6.57. The number of hydrogen-bond acceptors (Lipinski definition) is 3. The molecule has 0 saturated heterocycles. The van der Waals surface area contributed by atoms with Crippen molar-refractivity contribution in [3.05, 3.63) is 35.4 Å². The van der Waals surface area contributed by atoms with Crippen molar-refractivity contribution in [2.24, 2.45) is 5.41 Å². The van der Waals surface area contributed by atoms with Crippen LogP contribution < -0.4 is 0 Å². The van der Waals surface area contributed by atoms with E-state index in [1.807, 2.05) is 12.1 Å². The van der Waals surface area contributed by atoms with Crippen molar-refractivity contribution in [1.29, 1.82) is 0 Å². The third kappa shape index (κ3) is 3.22. The molecule has 1 atom stereocenters. The molecule has 3 heteroatoms. The highest BCUT2D eigenvalue weighted by molar-refractivity contribution is 6.11. The summed E-state index contributed by atoms with van der Waals surface area (Å²) in [6.07, 6.45) is 1.06. The molecule has 1 unspecified atom stereocenters. The zero-order valence-electron chi connectivity index (χ0n) is 12.3. The van der Waals surface area contributed by atoms with Crippen LogP contribution in [-0.4, -0.2) is 18.9 Å². The predicted molar refractivity (Wildman–Crippen MR) is 75.3 cm³/mol. The Hall–Kier alpha value is -1.64. The third-order valence-electron chi connectivity index (χ3n) is 3.62. The summed E-state index contributed by atoms with van der Waals surface area (Å²) in [6.45, 7) is 7.45. The summed E-state index contributed by atoms with van der Waals surface area (Å²) in [6, 6.07) is 7.48. The topological polar surface area (TPSA) is 43.4 Å². The van der Waals surface area contributed by atoms with Gasteiger partial charge in [-0.3, -0.25) is 9.59 Å². The maximum Gasteiger partial charge on any atom is 0.319 e. The summed E-state index contributed by atoms with van der Waals surface area (Å²) in [5.41, 5.74) is 0.601. The molecule has 1 aromatic rings. The number of rotatable bonds is 5. The van der Waals surface area contributed by atoms with Crippen molar-refractivity contribution in [1.82, 2.24) is 0 Å². The van der Waals surface area contributed by atoms with Gasteiger partial charge in [-0.05, 0) is 31.7 Å². The molecule has 0 radical (unpaired) electrons. The Kier molecular flexibility index (Phi) is 4.87. The molecule has 0 N–H and O–H groups in total. The highest BCUT2D eigenvalue weighted by atomic mass is 16.5. The van der Waals surface area contributed by atoms with E-state index in [0.29, 0.717) is 11.5 Å². The second-order valence-electron chi connectivity index (χ2n) is 5.38. The highest BCUT2D eigenvalue weighted by Gasteiger charge is 2.37. The van der Waals surface area contributed by atoms with Gasteiger partial charge < -0.3 is 4.74 Å². The number of carbonyl (C=O) groups is 2. The Balaban J connectivity index is 2.98. The Labute approximate surface area is 115 Å². The van der Waals surface area contributed by atoms with Gasteiger partial charge in [0.05, 0.1) is 7.11 Å². The molecule has 3 nitrogen and oxygen atoms in total. The maximum absolute atomic E-state index is 12.3. The second kappa shape index (κ2) is 6.00. The Morgan fingerprint density at radius 3 is 2.16 bits per heavy atom. The molecule has 0 aromatic heterocycles. The molecular weight excluding hydrogens is 240 g/mol. The standard InChI is InChI=1S/C16H22O3/c1-6-11(2)12-7-9-13(10-8-12)14(17)16(3,4)15(18)19-5/h7-11H,6H2,1-5H3. The van der Waals surface area contributed by atoms with Gasteiger partial charge in [-0.15, -0.1) is 0 Å². The van der Waals surface area contributed by atoms with Crippen LogP contribution in [0.1, 0.15) is 56.0 Å². The molecule has 0 saturated carbocycles. The van der Waals surface area contributed by atoms with Gasteiger partial charge in [0.15, 0.2) is 5.78 Å². The molecule has 0 fully saturated rings. The van der Waals surface area contributed by atoms with E-state index >= 15 is 0 Å². The summed E-state index contributed by atoms with van der Waals surface area (Å²) in [4.78, 5) is 23.9. The van der Waals surface area contributed by atoms with Crippen molar-refractivity contribution in [2.75, 3.05) is 7.11 Å². The predicted octanol–water partition coefficient (Wildman–Crippen LogP) is 3.58. The normalized spacial score (nSPS) is 12.9. The van der Waals surface area contributed by atoms with Gasteiger partial charge in [-0.25, -0.2) is 0 Å². The largest absolute Gasteiger partial charge is 0.468 e. The van der Waals surface area contributed by atoms with Gasteiger partial charge in [-0.2, -0.15) is 0 Å². The Morgan fingerprint density at radius 1 is 1.21 bits per heavy atom. The van der Waals surface area contributed by atoms with Gasteiger partial charge in [-0.1, -0.05) is 38.1 Å². The van der Waals surface area contributed by atoms with Crippen LogP contribution in [0.4, 0.5) is 0 Å². The second-order valence-corrected chi connectivity index (χ2v) is 5.38. The Morgan fingerprint density at radius 2 is 1.74 bits per heavy atom. The zero-order chi connectivity index (χ0) is 14.6. The van der Waals surface area contributed by atoms with Crippen LogP contribution in [0, 0.1) is 5.41 Å². The fourth-order valence-electron chi connectivity index (χ4n) is 1.91. The highest BCUT2D eigenvalue weighted by Crippen LogP contribution is 2.25. The molecule has 1 aromatic carbocycles. The molecule has 0 aliphatic carbocycles. The van der Waals surface area contributed by atoms with Crippen LogP contribution >= 0.6 is 0 Å². The number of hydrogen-bond donors (Lipinski definition) is 0. The van der Waals surface area contributed by atoms with E-state index in [2.05, 4.69) is 18.6 Å². The number of Topliss-reactive ketones (excluding diaryl/α,β-unsaturated/α-hetero) is 1. The lowest BCUT2D eigenvalue weighted by atomic mass is 9.83. The summed E-state index contributed by atoms with van der Waals surface area (Å²) in [7, 11) is 1.30. The van der Waals surface area contributed by atoms with Crippen molar-refractivity contribution in [2.45, 2.75) is 40.0 Å². The third-order valence-corrected chi connectivity index (χ3v) is 3.62. The summed E-state index contributed by atoms with van der Waals surface area (Å²) < 4.78 is 4.68. The van der Waals surface area contributed by atoms with Crippen molar-refractivity contribution >= 4 is 11.8 Å². The monoisotopic (exact) mass is 262 g/mol. The number of ketones is 1. The number of esters is 1. The number of carbonyl (C=O) groups excluding carboxylic acids is 2. The number of benzene rings is 1. The van der Waals surface area contributed by atoms with Crippen LogP contribution in [-0.2, 0) is 9.53 Å². The van der Waals surface area contributed by atoms with Gasteiger partial charge in [0, 0.05) is 5.56 Å². The zero-order valence-corrected chi connectivity index (χ0v) is 12.3. The summed E-state index contributed by atoms with van der Waals surface area (Å²) >= 11 is 0. The van der Waals surface area contributed by atoms with E-state index in [1.54, 1.807) is 26.0 Å². The molecular formula is C16H22O3. The van der Waals surface area contributed by atoms with Gasteiger partial charge in [0.1, 0.15) is 5.41 Å². The van der Waals surface area contributed by atoms with Crippen LogP contribution in [0.5, 0.6) is 0 Å². The first kappa shape index (κ1) is 15.4. The van der Waals surface area contributed by atoms with E-state index in [0.717, 1.165) is 6.42 Å². The number of methoxy groups -OCH3 is 1. The van der Waals surface area contributed by atoms with Crippen LogP contribution in [0.25, 0.3) is 0 Å². The summed E-state index contributed by atoms with van der Waals surface area (Å²) in [5.74, 6) is -0.253. The maximum atomic E-state index is 12.3. The van der Waals surface area contributed by atoms with E-state index in [4.69, 9.17) is 0 Å². The van der Waals surface area contributed by atoms with Crippen LogP contribution in [0.2, 0.25) is 0 Å². The average molecular weight is 262 g/mol. The van der Waals surface area contributed by atoms with E-state index in [-0.39, 0.29) is 5.78 Å². The smallest absolute Gasteiger partial charge is 0.319 e. The van der Waals surface area contributed by atoms with Crippen molar-refractivity contribution in [3.63, 3.8) is 0 Å². The van der Waals surface area contributed by atoms with Crippen molar-refractivity contribution < 1.29 is 14.3 Å². The quantitative estimate of drug-likeness (QED) is 0.463. The van der Waals surface area contributed by atoms with E-state index < -0.39 is 11.4 Å². The van der Waals surface area contributed by atoms with Gasteiger partial charge >= 0.3 is 5.97 Å². The molecule has 0 heterocycles. The average Bonchev–Trinajstić information content (AvgIpc) is 2.44. The fraction of sp³-hybridized carbons (Fsp3) is 0.500. The SMILES string of the molecule is CCC(C)c1ccc(C(=O)C(C)(C)C(=O)OC)cc1. The first-order valence-corrected chi connectivity index (χ1v) is 6.57. The number of ether oxygens (including phenoxy) is 1. The molecule has 0 amide bonds. The van der Waals surface area contributed by atoms with Crippen LogP contribution in [0.3, 0.4) is 0 Å². The molecule has 0 aliphatic heterocycles.